The molecule has 1 aromatic rings. The maximum absolute atomic E-state index is 12.8. The van der Waals surface area contributed by atoms with Crippen molar-refractivity contribution in [1.82, 2.24) is 0 Å². The van der Waals surface area contributed by atoms with E-state index in [0.717, 1.165) is 12.1 Å². The van der Waals surface area contributed by atoms with Gasteiger partial charge in [0.25, 0.3) is 0 Å². The standard InChI is InChI=1S/C7H2F4I2/c8-3-1-2-4(12)5(6(3)13)7(9,10)11/h1-2H. The summed E-state index contributed by atoms with van der Waals surface area (Å²) in [5, 5.41) is 0. The van der Waals surface area contributed by atoms with Gasteiger partial charge in [0.2, 0.25) is 0 Å². The summed E-state index contributed by atoms with van der Waals surface area (Å²) in [5.74, 6) is -0.839. The Balaban J connectivity index is 3.43. The zero-order valence-electron chi connectivity index (χ0n) is 5.92. The van der Waals surface area contributed by atoms with Gasteiger partial charge < -0.3 is 0 Å². The minimum Gasteiger partial charge on any atom is -0.206 e. The molecule has 0 aliphatic rings. The van der Waals surface area contributed by atoms with Crippen molar-refractivity contribution >= 4 is 45.2 Å². The molecule has 0 nitrogen and oxygen atoms in total. The van der Waals surface area contributed by atoms with E-state index in [1.165, 1.54) is 45.2 Å². The molecular weight excluding hydrogens is 414 g/mol. The number of halogens is 6. The van der Waals surface area contributed by atoms with Crippen LogP contribution in [0.3, 0.4) is 0 Å². The zero-order valence-corrected chi connectivity index (χ0v) is 10.2. The van der Waals surface area contributed by atoms with E-state index >= 15 is 0 Å². The molecule has 0 radical (unpaired) electrons. The lowest BCUT2D eigenvalue weighted by atomic mass is 10.2. The van der Waals surface area contributed by atoms with Gasteiger partial charge in [-0.3, -0.25) is 0 Å². The predicted molar refractivity (Wildman–Crippen MR) is 56.8 cm³/mol. The number of hydrogen-bond donors (Lipinski definition) is 0. The minimum absolute atomic E-state index is 0.0101. The second kappa shape index (κ2) is 3.87. The molecule has 0 N–H and O–H groups in total. The summed E-state index contributed by atoms with van der Waals surface area (Å²) in [7, 11) is 0. The molecule has 0 aliphatic carbocycles. The fraction of sp³-hybridized carbons (Fsp3) is 0.143. The van der Waals surface area contributed by atoms with E-state index < -0.39 is 17.6 Å². The molecular formula is C7H2F4I2. The van der Waals surface area contributed by atoms with Crippen LogP contribution in [0, 0.1) is 13.0 Å². The van der Waals surface area contributed by atoms with Crippen LogP contribution in [-0.4, -0.2) is 0 Å². The van der Waals surface area contributed by atoms with Gasteiger partial charge in [-0.1, -0.05) is 0 Å². The number of hydrogen-bond acceptors (Lipinski definition) is 0. The molecule has 0 heterocycles. The van der Waals surface area contributed by atoms with E-state index in [2.05, 4.69) is 0 Å². The van der Waals surface area contributed by atoms with Gasteiger partial charge in [0, 0.05) is 3.57 Å². The van der Waals surface area contributed by atoms with Crippen molar-refractivity contribution in [3.8, 4) is 0 Å². The van der Waals surface area contributed by atoms with Gasteiger partial charge >= 0.3 is 6.18 Å². The van der Waals surface area contributed by atoms with E-state index in [4.69, 9.17) is 0 Å². The summed E-state index contributed by atoms with van der Waals surface area (Å²) in [6.07, 6.45) is -4.49. The highest BCUT2D eigenvalue weighted by molar-refractivity contribution is 14.1. The maximum atomic E-state index is 12.8. The molecule has 13 heavy (non-hydrogen) atoms. The van der Waals surface area contributed by atoms with Gasteiger partial charge in [-0.25, -0.2) is 4.39 Å². The van der Waals surface area contributed by atoms with Crippen LogP contribution in [0.5, 0.6) is 0 Å². The highest BCUT2D eigenvalue weighted by Gasteiger charge is 2.36. The van der Waals surface area contributed by atoms with Crippen molar-refractivity contribution in [1.29, 1.82) is 0 Å². The second-order valence-electron chi connectivity index (χ2n) is 2.22. The Kier molecular flexibility index (Phi) is 3.42. The summed E-state index contributed by atoms with van der Waals surface area (Å²) in [4.78, 5) is 0. The summed E-state index contributed by atoms with van der Waals surface area (Å²) < 4.78 is 49.4. The largest absolute Gasteiger partial charge is 0.418 e. The Hall–Kier alpha value is 0.400. The monoisotopic (exact) mass is 416 g/mol. The Morgan fingerprint density at radius 2 is 1.62 bits per heavy atom. The lowest BCUT2D eigenvalue weighted by Crippen LogP contribution is -2.11. The van der Waals surface area contributed by atoms with Crippen LogP contribution >= 0.6 is 45.2 Å². The highest BCUT2D eigenvalue weighted by Crippen LogP contribution is 2.36. The normalized spacial score (nSPS) is 11.8. The summed E-state index contributed by atoms with van der Waals surface area (Å²) in [6, 6.07) is 2.14. The van der Waals surface area contributed by atoms with Crippen LogP contribution < -0.4 is 0 Å². The molecule has 0 bridgehead atoms. The third-order valence-corrected chi connectivity index (χ3v) is 3.28. The minimum atomic E-state index is -4.49. The predicted octanol–water partition coefficient (Wildman–Crippen LogP) is 4.05. The molecule has 0 saturated carbocycles. The second-order valence-corrected chi connectivity index (χ2v) is 4.46. The average Bonchev–Trinajstić information content (AvgIpc) is 1.95. The number of benzene rings is 1. The lowest BCUT2D eigenvalue weighted by Gasteiger charge is -2.11. The molecule has 1 aromatic carbocycles. The smallest absolute Gasteiger partial charge is 0.206 e. The summed E-state index contributed by atoms with van der Waals surface area (Å²) >= 11 is 2.89. The van der Waals surface area contributed by atoms with Gasteiger partial charge in [-0.05, 0) is 57.3 Å². The first kappa shape index (κ1) is 11.5. The molecule has 72 valence electrons. The molecule has 0 saturated heterocycles. The Labute approximate surface area is 99.0 Å². The SMILES string of the molecule is Fc1ccc(I)c(C(F)(F)F)c1I. The van der Waals surface area contributed by atoms with E-state index in [9.17, 15) is 17.6 Å². The maximum Gasteiger partial charge on any atom is 0.418 e. The van der Waals surface area contributed by atoms with E-state index in [1.54, 1.807) is 0 Å². The quantitative estimate of drug-likeness (QED) is 0.340. The molecule has 0 fully saturated rings. The summed E-state index contributed by atoms with van der Waals surface area (Å²) in [6.45, 7) is 0. The van der Waals surface area contributed by atoms with Crippen LogP contribution in [0.2, 0.25) is 0 Å². The topological polar surface area (TPSA) is 0 Å². The van der Waals surface area contributed by atoms with Crippen molar-refractivity contribution in [2.24, 2.45) is 0 Å². The molecule has 0 aliphatic heterocycles. The fourth-order valence-corrected chi connectivity index (χ4v) is 2.83. The molecule has 6 heteroatoms. The molecule has 1 rings (SSSR count). The van der Waals surface area contributed by atoms with Crippen LogP contribution in [-0.2, 0) is 6.18 Å². The molecule has 0 atom stereocenters. The van der Waals surface area contributed by atoms with Gasteiger partial charge in [0.15, 0.2) is 0 Å². The van der Waals surface area contributed by atoms with Crippen LogP contribution in [0.15, 0.2) is 12.1 Å². The van der Waals surface area contributed by atoms with Crippen LogP contribution in [0.4, 0.5) is 17.6 Å². The first-order valence-corrected chi connectivity index (χ1v) is 5.20. The van der Waals surface area contributed by atoms with Crippen LogP contribution in [0.25, 0.3) is 0 Å². The first-order valence-electron chi connectivity index (χ1n) is 3.04. The van der Waals surface area contributed by atoms with Crippen molar-refractivity contribution in [3.05, 3.63) is 30.7 Å². The Bertz CT molecular complexity index is 332. The molecule has 0 aromatic heterocycles. The van der Waals surface area contributed by atoms with Crippen molar-refractivity contribution in [2.45, 2.75) is 6.18 Å². The fourth-order valence-electron chi connectivity index (χ4n) is 0.787. The van der Waals surface area contributed by atoms with Crippen molar-refractivity contribution < 1.29 is 17.6 Å². The molecule has 0 spiro atoms. The summed E-state index contributed by atoms with van der Waals surface area (Å²) in [5.41, 5.74) is -0.895. The highest BCUT2D eigenvalue weighted by atomic mass is 127. The van der Waals surface area contributed by atoms with E-state index in [1.807, 2.05) is 0 Å². The lowest BCUT2D eigenvalue weighted by molar-refractivity contribution is -0.139. The third-order valence-electron chi connectivity index (χ3n) is 1.33. The van der Waals surface area contributed by atoms with Gasteiger partial charge in [-0.15, -0.1) is 0 Å². The average molecular weight is 416 g/mol. The van der Waals surface area contributed by atoms with E-state index in [0.29, 0.717) is 0 Å². The van der Waals surface area contributed by atoms with Crippen molar-refractivity contribution in [2.75, 3.05) is 0 Å². The third kappa shape index (κ3) is 2.45. The Morgan fingerprint density at radius 3 is 2.00 bits per heavy atom. The van der Waals surface area contributed by atoms with Crippen molar-refractivity contribution in [3.63, 3.8) is 0 Å². The van der Waals surface area contributed by atoms with Gasteiger partial charge in [-0.2, -0.15) is 13.2 Å². The van der Waals surface area contributed by atoms with Gasteiger partial charge in [0.05, 0.1) is 9.13 Å². The number of alkyl halides is 3. The first-order chi connectivity index (χ1) is 5.84. The number of rotatable bonds is 0. The zero-order chi connectivity index (χ0) is 10.2. The van der Waals surface area contributed by atoms with Crippen LogP contribution in [0.1, 0.15) is 5.56 Å². The molecule has 0 amide bonds. The molecule has 0 unspecified atom stereocenters. The van der Waals surface area contributed by atoms with Gasteiger partial charge in [0.1, 0.15) is 5.82 Å². The van der Waals surface area contributed by atoms with E-state index in [-0.39, 0.29) is 7.14 Å². The Morgan fingerprint density at radius 1 is 1.08 bits per heavy atom.